The summed E-state index contributed by atoms with van der Waals surface area (Å²) in [6, 6.07) is 5.06. The van der Waals surface area contributed by atoms with Gasteiger partial charge in [0.15, 0.2) is 0 Å². The maximum absolute atomic E-state index is 12.4. The quantitative estimate of drug-likeness (QED) is 0.706. The molecule has 19 heavy (non-hydrogen) atoms. The van der Waals surface area contributed by atoms with Crippen LogP contribution in [0.1, 0.15) is 5.56 Å². The first-order valence-electron chi connectivity index (χ1n) is 5.72. The zero-order chi connectivity index (χ0) is 13.4. The minimum atomic E-state index is -0.138. The van der Waals surface area contributed by atoms with E-state index < -0.39 is 0 Å². The summed E-state index contributed by atoms with van der Waals surface area (Å²) in [6.07, 6.45) is 2.81. The molecule has 0 saturated heterocycles. The van der Waals surface area contributed by atoms with Crippen molar-refractivity contribution in [3.63, 3.8) is 0 Å². The van der Waals surface area contributed by atoms with Crippen LogP contribution in [-0.2, 0) is 0 Å². The average Bonchev–Trinajstić information content (AvgIpc) is 2.94. The van der Waals surface area contributed by atoms with Gasteiger partial charge in [-0.15, -0.1) is 0 Å². The summed E-state index contributed by atoms with van der Waals surface area (Å²) in [7, 11) is 1.58. The Kier molecular flexibility index (Phi) is 2.59. The number of fused-ring (bicyclic) bond motifs is 1. The second-order valence-electron chi connectivity index (χ2n) is 4.13. The first kappa shape index (κ1) is 11.5. The molecule has 5 heteroatoms. The Bertz CT molecular complexity index is 787. The fourth-order valence-corrected chi connectivity index (χ4v) is 2.07. The van der Waals surface area contributed by atoms with Crippen molar-refractivity contribution >= 4 is 11.0 Å². The second kappa shape index (κ2) is 4.28. The van der Waals surface area contributed by atoms with Crippen LogP contribution in [0.3, 0.4) is 0 Å². The van der Waals surface area contributed by atoms with Gasteiger partial charge in [0.05, 0.1) is 18.1 Å². The molecule has 0 amide bonds. The molecule has 5 nitrogen and oxygen atoms in total. The third kappa shape index (κ3) is 1.71. The van der Waals surface area contributed by atoms with Gasteiger partial charge in [0, 0.05) is 11.6 Å². The van der Waals surface area contributed by atoms with Crippen LogP contribution < -0.4 is 10.2 Å². The first-order valence-corrected chi connectivity index (χ1v) is 5.72. The van der Waals surface area contributed by atoms with Crippen LogP contribution in [0.15, 0.2) is 44.5 Å². The van der Waals surface area contributed by atoms with Crippen LogP contribution in [0, 0.1) is 6.92 Å². The molecule has 1 aromatic carbocycles. The monoisotopic (exact) mass is 257 g/mol. The standard InChI is InChI=1S/C14H11NO4/c1-8-12(17-2)4-3-9-13(16)10(7-18-14(8)9)11-5-6-19-15-11/h3-7H,1-2H3. The fraction of sp³-hybridized carbons (Fsp3) is 0.143. The van der Waals surface area contributed by atoms with E-state index in [0.29, 0.717) is 28.0 Å². The summed E-state index contributed by atoms with van der Waals surface area (Å²) in [4.78, 5) is 12.4. The van der Waals surface area contributed by atoms with Gasteiger partial charge in [0.25, 0.3) is 0 Å². The lowest BCUT2D eigenvalue weighted by Crippen LogP contribution is -2.05. The van der Waals surface area contributed by atoms with E-state index in [9.17, 15) is 4.79 Å². The number of benzene rings is 1. The van der Waals surface area contributed by atoms with Gasteiger partial charge in [0.1, 0.15) is 29.6 Å². The molecule has 96 valence electrons. The van der Waals surface area contributed by atoms with Gasteiger partial charge in [-0.05, 0) is 19.1 Å². The SMILES string of the molecule is COc1ccc2c(=O)c(-c3ccon3)coc2c1C. The second-order valence-corrected chi connectivity index (χ2v) is 4.13. The van der Waals surface area contributed by atoms with Gasteiger partial charge in [-0.3, -0.25) is 4.79 Å². The predicted molar refractivity (Wildman–Crippen MR) is 69.3 cm³/mol. The zero-order valence-electron chi connectivity index (χ0n) is 10.5. The number of nitrogens with zero attached hydrogens (tertiary/aromatic N) is 1. The summed E-state index contributed by atoms with van der Waals surface area (Å²) in [5, 5.41) is 4.25. The van der Waals surface area contributed by atoms with Crippen molar-refractivity contribution in [2.75, 3.05) is 7.11 Å². The number of hydrogen-bond acceptors (Lipinski definition) is 5. The summed E-state index contributed by atoms with van der Waals surface area (Å²) in [5.74, 6) is 0.685. The number of ether oxygens (including phenoxy) is 1. The highest BCUT2D eigenvalue weighted by atomic mass is 16.5. The minimum absolute atomic E-state index is 0.138. The Morgan fingerprint density at radius 2 is 2.11 bits per heavy atom. The average molecular weight is 257 g/mol. The molecule has 3 rings (SSSR count). The van der Waals surface area contributed by atoms with Crippen molar-refractivity contribution in [2.45, 2.75) is 6.92 Å². The molecule has 0 saturated carbocycles. The van der Waals surface area contributed by atoms with Crippen molar-refractivity contribution in [2.24, 2.45) is 0 Å². The lowest BCUT2D eigenvalue weighted by molar-refractivity contribution is 0.411. The van der Waals surface area contributed by atoms with E-state index in [0.717, 1.165) is 5.56 Å². The molecule has 0 aliphatic carbocycles. The topological polar surface area (TPSA) is 65.5 Å². The Morgan fingerprint density at radius 3 is 2.79 bits per heavy atom. The number of methoxy groups -OCH3 is 1. The molecule has 0 radical (unpaired) electrons. The summed E-state index contributed by atoms with van der Waals surface area (Å²) in [5.41, 5.74) is 2.02. The maximum Gasteiger partial charge on any atom is 0.202 e. The molecular weight excluding hydrogens is 246 g/mol. The van der Waals surface area contributed by atoms with Crippen LogP contribution in [-0.4, -0.2) is 12.3 Å². The largest absolute Gasteiger partial charge is 0.496 e. The van der Waals surface area contributed by atoms with Crippen LogP contribution >= 0.6 is 0 Å². The van der Waals surface area contributed by atoms with Crippen molar-refractivity contribution in [1.82, 2.24) is 5.16 Å². The maximum atomic E-state index is 12.4. The molecule has 0 spiro atoms. The molecule has 0 bridgehead atoms. The smallest absolute Gasteiger partial charge is 0.202 e. The van der Waals surface area contributed by atoms with Crippen molar-refractivity contribution < 1.29 is 13.7 Å². The number of aryl methyl sites for hydroxylation is 1. The van der Waals surface area contributed by atoms with Crippen LogP contribution in [0.25, 0.3) is 22.2 Å². The summed E-state index contributed by atoms with van der Waals surface area (Å²) >= 11 is 0. The first-order chi connectivity index (χ1) is 9.22. The number of aromatic nitrogens is 1. The molecule has 0 unspecified atom stereocenters. The third-order valence-electron chi connectivity index (χ3n) is 3.07. The summed E-state index contributed by atoms with van der Waals surface area (Å²) in [6.45, 7) is 1.85. The Balaban J connectivity index is 2.33. The van der Waals surface area contributed by atoms with Gasteiger partial charge in [-0.25, -0.2) is 0 Å². The molecule has 0 atom stereocenters. The Morgan fingerprint density at radius 1 is 1.26 bits per heavy atom. The number of hydrogen-bond donors (Lipinski definition) is 0. The van der Waals surface area contributed by atoms with E-state index in [1.165, 1.54) is 12.5 Å². The lowest BCUT2D eigenvalue weighted by atomic mass is 10.1. The molecule has 2 aromatic heterocycles. The van der Waals surface area contributed by atoms with E-state index in [1.54, 1.807) is 25.3 Å². The Hall–Kier alpha value is -2.56. The van der Waals surface area contributed by atoms with E-state index in [2.05, 4.69) is 5.16 Å². The van der Waals surface area contributed by atoms with Crippen LogP contribution in [0.4, 0.5) is 0 Å². The van der Waals surface area contributed by atoms with Gasteiger partial charge in [-0.2, -0.15) is 0 Å². The zero-order valence-corrected chi connectivity index (χ0v) is 10.5. The van der Waals surface area contributed by atoms with Gasteiger partial charge in [-0.1, -0.05) is 5.16 Å². The molecule has 0 aliphatic heterocycles. The highest BCUT2D eigenvalue weighted by Crippen LogP contribution is 2.27. The summed E-state index contributed by atoms with van der Waals surface area (Å²) < 4.78 is 15.5. The fourth-order valence-electron chi connectivity index (χ4n) is 2.07. The third-order valence-corrected chi connectivity index (χ3v) is 3.07. The molecule has 0 aliphatic rings. The van der Waals surface area contributed by atoms with E-state index in [1.807, 2.05) is 6.92 Å². The highest BCUT2D eigenvalue weighted by Gasteiger charge is 2.14. The van der Waals surface area contributed by atoms with Crippen molar-refractivity contribution in [3.05, 3.63) is 46.5 Å². The van der Waals surface area contributed by atoms with E-state index in [-0.39, 0.29) is 5.43 Å². The number of rotatable bonds is 2. The van der Waals surface area contributed by atoms with E-state index in [4.69, 9.17) is 13.7 Å². The van der Waals surface area contributed by atoms with Gasteiger partial charge < -0.3 is 13.7 Å². The molecule has 0 N–H and O–H groups in total. The van der Waals surface area contributed by atoms with Gasteiger partial charge >= 0.3 is 0 Å². The predicted octanol–water partition coefficient (Wildman–Crippen LogP) is 2.77. The molecule has 0 fully saturated rings. The van der Waals surface area contributed by atoms with Gasteiger partial charge in [0.2, 0.25) is 5.43 Å². The minimum Gasteiger partial charge on any atom is -0.496 e. The molecule has 2 heterocycles. The normalized spacial score (nSPS) is 10.8. The van der Waals surface area contributed by atoms with Crippen LogP contribution in [0.5, 0.6) is 5.75 Å². The van der Waals surface area contributed by atoms with Crippen molar-refractivity contribution in [3.8, 4) is 17.0 Å². The molecular formula is C14H11NO4. The lowest BCUT2D eigenvalue weighted by Gasteiger charge is -2.07. The Labute approximate surface area is 108 Å². The molecule has 3 aromatic rings. The van der Waals surface area contributed by atoms with Crippen molar-refractivity contribution in [1.29, 1.82) is 0 Å². The highest BCUT2D eigenvalue weighted by molar-refractivity contribution is 5.84. The van der Waals surface area contributed by atoms with E-state index >= 15 is 0 Å². The van der Waals surface area contributed by atoms with Crippen LogP contribution in [0.2, 0.25) is 0 Å².